The molecule has 1 fully saturated rings. The number of carbonyl (C=O) groups is 1. The molecular formula is C11H16N4O3. The summed E-state index contributed by atoms with van der Waals surface area (Å²) in [5, 5.41) is 12.6. The molecule has 98 valence electrons. The monoisotopic (exact) mass is 252 g/mol. The van der Waals surface area contributed by atoms with E-state index in [9.17, 15) is 14.7 Å². The zero-order valence-electron chi connectivity index (χ0n) is 10.3. The molecule has 3 heterocycles. The average Bonchev–Trinajstić information content (AvgIpc) is 2.90. The number of nitrogens with zero attached hydrogens (tertiary/aromatic N) is 2. The minimum Gasteiger partial charge on any atom is -0.493 e. The van der Waals surface area contributed by atoms with E-state index < -0.39 is 0 Å². The Morgan fingerprint density at radius 2 is 2.28 bits per heavy atom. The summed E-state index contributed by atoms with van der Waals surface area (Å²) < 4.78 is 1.57. The van der Waals surface area contributed by atoms with Gasteiger partial charge in [0.1, 0.15) is 5.69 Å². The predicted molar refractivity (Wildman–Crippen MR) is 63.5 cm³/mol. The van der Waals surface area contributed by atoms with Crippen LogP contribution in [0, 0.1) is 0 Å². The fourth-order valence-corrected chi connectivity index (χ4v) is 2.94. The maximum absolute atomic E-state index is 12.0. The molecule has 1 saturated heterocycles. The summed E-state index contributed by atoms with van der Waals surface area (Å²) in [7, 11) is 0. The lowest BCUT2D eigenvalue weighted by Crippen LogP contribution is -2.45. The molecule has 2 unspecified atom stereocenters. The van der Waals surface area contributed by atoms with Gasteiger partial charge in [-0.2, -0.15) is 0 Å². The number of aromatic hydroxyl groups is 1. The molecule has 3 N–H and O–H groups in total. The van der Waals surface area contributed by atoms with Crippen molar-refractivity contribution < 1.29 is 9.90 Å². The molecule has 7 heteroatoms. The van der Waals surface area contributed by atoms with Crippen molar-refractivity contribution in [1.82, 2.24) is 19.8 Å². The summed E-state index contributed by atoms with van der Waals surface area (Å²) in [6.45, 7) is 4.32. The van der Waals surface area contributed by atoms with Crippen molar-refractivity contribution in [2.75, 3.05) is 6.54 Å². The molecule has 2 aliphatic rings. The smallest absolute Gasteiger partial charge is 0.329 e. The van der Waals surface area contributed by atoms with Gasteiger partial charge in [0.25, 0.3) is 0 Å². The van der Waals surface area contributed by atoms with Gasteiger partial charge >= 0.3 is 11.7 Å². The number of hydrogen-bond acceptors (Lipinski definition) is 3. The van der Waals surface area contributed by atoms with Gasteiger partial charge in [-0.15, -0.1) is 0 Å². The quantitative estimate of drug-likeness (QED) is 0.671. The van der Waals surface area contributed by atoms with Crippen LogP contribution in [0.15, 0.2) is 4.79 Å². The van der Waals surface area contributed by atoms with Gasteiger partial charge in [-0.05, 0) is 20.3 Å². The second kappa shape index (κ2) is 3.54. The van der Waals surface area contributed by atoms with Crippen LogP contribution in [0.2, 0.25) is 0 Å². The molecule has 0 saturated carbocycles. The summed E-state index contributed by atoms with van der Waals surface area (Å²) in [6, 6.07) is -0.296. The van der Waals surface area contributed by atoms with Crippen LogP contribution in [-0.2, 0) is 0 Å². The molecule has 0 aromatic carbocycles. The average molecular weight is 252 g/mol. The number of hydrogen-bond donors (Lipinski definition) is 3. The maximum atomic E-state index is 12.0. The molecular weight excluding hydrogens is 236 g/mol. The Balaban J connectivity index is 1.92. The molecule has 7 nitrogen and oxygen atoms in total. The van der Waals surface area contributed by atoms with Crippen LogP contribution in [-0.4, -0.2) is 38.2 Å². The number of amides is 2. The minimum atomic E-state index is -0.293. The van der Waals surface area contributed by atoms with Crippen LogP contribution < -0.4 is 11.0 Å². The first-order valence-corrected chi connectivity index (χ1v) is 6.09. The number of likely N-dealkylation sites (tertiary alicyclic amines) is 1. The third kappa shape index (κ3) is 1.36. The fourth-order valence-electron chi connectivity index (χ4n) is 2.94. The molecule has 2 atom stereocenters. The number of fused-ring (bicyclic) bond motifs is 5. The molecule has 0 radical (unpaired) electrons. The number of nitrogens with one attached hydrogen (secondary N) is 2. The Bertz CT molecular complexity index is 559. The van der Waals surface area contributed by atoms with Crippen LogP contribution in [0.4, 0.5) is 4.79 Å². The van der Waals surface area contributed by atoms with Crippen LogP contribution in [0.1, 0.15) is 38.0 Å². The highest BCUT2D eigenvalue weighted by molar-refractivity contribution is 5.75. The van der Waals surface area contributed by atoms with E-state index in [-0.39, 0.29) is 35.7 Å². The van der Waals surface area contributed by atoms with Gasteiger partial charge < -0.3 is 15.3 Å². The Morgan fingerprint density at radius 1 is 1.56 bits per heavy atom. The maximum Gasteiger partial charge on any atom is 0.329 e. The van der Waals surface area contributed by atoms with Crippen molar-refractivity contribution in [2.45, 2.75) is 38.4 Å². The van der Waals surface area contributed by atoms with E-state index >= 15 is 0 Å². The number of rotatable bonds is 1. The first kappa shape index (κ1) is 11.2. The predicted octanol–water partition coefficient (Wildman–Crippen LogP) is 0.301. The van der Waals surface area contributed by atoms with E-state index in [1.807, 2.05) is 13.8 Å². The van der Waals surface area contributed by atoms with E-state index in [4.69, 9.17) is 0 Å². The zero-order valence-corrected chi connectivity index (χ0v) is 10.3. The van der Waals surface area contributed by atoms with Crippen LogP contribution >= 0.6 is 0 Å². The molecule has 1 aromatic rings. The highest BCUT2D eigenvalue weighted by Gasteiger charge is 2.48. The Kier molecular flexibility index (Phi) is 2.20. The number of aromatic amines is 1. The zero-order chi connectivity index (χ0) is 13.0. The second-order valence-corrected chi connectivity index (χ2v) is 5.20. The number of carbonyl (C=O) groups excluding carboxylic acids is 1. The topological polar surface area (TPSA) is 90.4 Å². The number of imidazole rings is 1. The van der Waals surface area contributed by atoms with E-state index in [0.29, 0.717) is 18.7 Å². The van der Waals surface area contributed by atoms with Crippen molar-refractivity contribution in [1.29, 1.82) is 0 Å². The highest BCUT2D eigenvalue weighted by atomic mass is 16.3. The van der Waals surface area contributed by atoms with Crippen molar-refractivity contribution in [3.63, 3.8) is 0 Å². The van der Waals surface area contributed by atoms with Gasteiger partial charge in [0.05, 0.1) is 12.1 Å². The van der Waals surface area contributed by atoms with Gasteiger partial charge in [-0.25, -0.2) is 9.59 Å². The molecule has 2 bridgehead atoms. The molecule has 3 rings (SSSR count). The normalized spacial score (nSPS) is 24.7. The summed E-state index contributed by atoms with van der Waals surface area (Å²) in [5.41, 5.74) is 0.245. The molecule has 18 heavy (non-hydrogen) atoms. The van der Waals surface area contributed by atoms with Crippen LogP contribution in [0.5, 0.6) is 5.88 Å². The third-order valence-electron chi connectivity index (χ3n) is 3.58. The molecule has 2 amide bonds. The van der Waals surface area contributed by atoms with Gasteiger partial charge in [0.2, 0.25) is 5.88 Å². The van der Waals surface area contributed by atoms with Crippen LogP contribution in [0.25, 0.3) is 0 Å². The molecule has 0 spiro atoms. The van der Waals surface area contributed by atoms with E-state index in [0.717, 1.165) is 0 Å². The summed E-state index contributed by atoms with van der Waals surface area (Å²) >= 11 is 0. The first-order valence-electron chi connectivity index (χ1n) is 6.09. The fraction of sp³-hybridized carbons (Fsp3) is 0.636. The number of aromatic nitrogens is 2. The van der Waals surface area contributed by atoms with Crippen molar-refractivity contribution in [3.05, 3.63) is 16.2 Å². The summed E-state index contributed by atoms with van der Waals surface area (Å²) in [6.07, 6.45) is 0.707. The van der Waals surface area contributed by atoms with Gasteiger partial charge in [0.15, 0.2) is 0 Å². The van der Waals surface area contributed by atoms with E-state index in [1.54, 1.807) is 9.47 Å². The van der Waals surface area contributed by atoms with Crippen molar-refractivity contribution >= 4 is 6.03 Å². The summed E-state index contributed by atoms with van der Waals surface area (Å²) in [4.78, 5) is 27.7. The lowest BCUT2D eigenvalue weighted by Gasteiger charge is -2.28. The van der Waals surface area contributed by atoms with Gasteiger partial charge in [-0.3, -0.25) is 9.55 Å². The lowest BCUT2D eigenvalue weighted by atomic mass is 10.2. The Morgan fingerprint density at radius 3 is 2.94 bits per heavy atom. The molecule has 1 aromatic heterocycles. The number of urea groups is 1. The second-order valence-electron chi connectivity index (χ2n) is 5.20. The Labute approximate surface area is 103 Å². The minimum absolute atomic E-state index is 0.0208. The van der Waals surface area contributed by atoms with Crippen LogP contribution in [0.3, 0.4) is 0 Å². The van der Waals surface area contributed by atoms with E-state index in [1.165, 1.54) is 0 Å². The SMILES string of the molecule is CC(C)NC(=O)N1CC2CC1c1c(O)[nH]c(=O)n12. The number of H-pyrrole nitrogens is 1. The summed E-state index contributed by atoms with van der Waals surface area (Å²) in [5.74, 6) is -0.116. The van der Waals surface area contributed by atoms with E-state index in [2.05, 4.69) is 10.3 Å². The van der Waals surface area contributed by atoms with Gasteiger partial charge in [0, 0.05) is 12.6 Å². The molecule has 0 aliphatic carbocycles. The third-order valence-corrected chi connectivity index (χ3v) is 3.58. The van der Waals surface area contributed by atoms with Crippen molar-refractivity contribution in [2.24, 2.45) is 0 Å². The standard InChI is InChI=1S/C11H16N4O3/c1-5(2)12-10(17)14-4-6-3-7(14)8-9(16)13-11(18)15(6)8/h5-7,16H,3-4H2,1-2H3,(H,12,17)(H,13,18). The van der Waals surface area contributed by atoms with Crippen molar-refractivity contribution in [3.8, 4) is 5.88 Å². The molecule has 2 aliphatic heterocycles. The lowest BCUT2D eigenvalue weighted by molar-refractivity contribution is 0.182. The largest absolute Gasteiger partial charge is 0.493 e. The highest BCUT2D eigenvalue weighted by Crippen LogP contribution is 2.47. The first-order chi connectivity index (χ1) is 8.49. The van der Waals surface area contributed by atoms with Gasteiger partial charge in [-0.1, -0.05) is 0 Å². The Hall–Kier alpha value is -1.92.